The number of hydrogen-bond donors (Lipinski definition) is 1. The van der Waals surface area contributed by atoms with Gasteiger partial charge in [-0.3, -0.25) is 14.6 Å². The molecule has 0 aromatic carbocycles. The molecule has 7 nitrogen and oxygen atoms in total. The maximum Gasteiger partial charge on any atom is 0.258 e. The smallest absolute Gasteiger partial charge is 0.258 e. The lowest BCUT2D eigenvalue weighted by Crippen LogP contribution is -2.13. The molecule has 1 amide bonds. The molecule has 24 heavy (non-hydrogen) atoms. The maximum absolute atomic E-state index is 12.6. The largest absolute Gasteiger partial charge is 0.478 e. The van der Waals surface area contributed by atoms with Crippen LogP contribution in [0.15, 0.2) is 35.1 Å². The van der Waals surface area contributed by atoms with Crippen LogP contribution in [0, 0.1) is 6.92 Å². The van der Waals surface area contributed by atoms with Crippen molar-refractivity contribution in [2.45, 2.75) is 13.8 Å². The molecule has 0 atom stereocenters. The lowest BCUT2D eigenvalue weighted by molar-refractivity contribution is 0.0987. The first kappa shape index (κ1) is 15.7. The Morgan fingerprint density at radius 1 is 1.29 bits per heavy atom. The Morgan fingerprint density at radius 3 is 2.75 bits per heavy atom. The lowest BCUT2D eigenvalue weighted by Gasteiger charge is -2.08. The Hall–Kier alpha value is -3.22. The van der Waals surface area contributed by atoms with Gasteiger partial charge in [0.05, 0.1) is 12.7 Å². The zero-order valence-electron chi connectivity index (χ0n) is 13.4. The number of furan rings is 1. The number of rotatable bonds is 4. The third-order valence-electron chi connectivity index (χ3n) is 3.58. The van der Waals surface area contributed by atoms with Gasteiger partial charge in [-0.15, -0.1) is 0 Å². The minimum Gasteiger partial charge on any atom is -0.478 e. The van der Waals surface area contributed by atoms with E-state index < -0.39 is 0 Å². The molecule has 0 bridgehead atoms. The Morgan fingerprint density at radius 2 is 2.08 bits per heavy atom. The molecule has 0 aliphatic carbocycles. The molecule has 0 radical (unpaired) electrons. The average Bonchev–Trinajstić information content (AvgIpc) is 3.01. The third kappa shape index (κ3) is 2.71. The summed E-state index contributed by atoms with van der Waals surface area (Å²) >= 11 is 0. The normalized spacial score (nSPS) is 10.6. The van der Waals surface area contributed by atoms with E-state index in [-0.39, 0.29) is 28.9 Å². The molecule has 3 aromatic rings. The predicted molar refractivity (Wildman–Crippen MR) is 87.5 cm³/mol. The highest BCUT2D eigenvalue weighted by Gasteiger charge is 2.20. The maximum atomic E-state index is 12.6. The summed E-state index contributed by atoms with van der Waals surface area (Å²) in [5.41, 5.74) is 2.04. The molecular formula is C17H15N3O4. The van der Waals surface area contributed by atoms with Crippen LogP contribution in [0.4, 0.5) is 5.69 Å². The predicted octanol–water partition coefficient (Wildman–Crippen LogP) is 2.99. The van der Waals surface area contributed by atoms with Gasteiger partial charge >= 0.3 is 0 Å². The summed E-state index contributed by atoms with van der Waals surface area (Å²) in [5.74, 6) is -0.246. The van der Waals surface area contributed by atoms with Crippen LogP contribution in [0.3, 0.4) is 0 Å². The molecule has 7 heteroatoms. The van der Waals surface area contributed by atoms with Gasteiger partial charge < -0.3 is 14.5 Å². The fraction of sp³-hybridized carbons (Fsp3) is 0.176. The van der Waals surface area contributed by atoms with Crippen LogP contribution in [0.5, 0.6) is 5.88 Å². The minimum absolute atomic E-state index is 0.144. The van der Waals surface area contributed by atoms with Gasteiger partial charge in [0, 0.05) is 36.6 Å². The number of hydrogen-bond acceptors (Lipinski definition) is 6. The van der Waals surface area contributed by atoms with E-state index in [4.69, 9.17) is 9.15 Å². The van der Waals surface area contributed by atoms with Gasteiger partial charge in [0.15, 0.2) is 17.1 Å². The number of methoxy groups -OCH3 is 1. The number of amides is 1. The molecule has 0 aliphatic heterocycles. The summed E-state index contributed by atoms with van der Waals surface area (Å²) in [6.07, 6.45) is 4.64. The number of anilines is 1. The van der Waals surface area contributed by atoms with E-state index in [2.05, 4.69) is 15.3 Å². The van der Waals surface area contributed by atoms with Gasteiger partial charge in [-0.25, -0.2) is 4.98 Å². The number of nitrogens with zero attached hydrogens (tertiary/aromatic N) is 2. The fourth-order valence-corrected chi connectivity index (χ4v) is 2.30. The van der Waals surface area contributed by atoms with E-state index >= 15 is 0 Å². The first-order valence-electron chi connectivity index (χ1n) is 7.20. The van der Waals surface area contributed by atoms with E-state index in [9.17, 15) is 9.59 Å². The van der Waals surface area contributed by atoms with E-state index in [0.29, 0.717) is 16.6 Å². The van der Waals surface area contributed by atoms with Crippen molar-refractivity contribution >= 4 is 28.3 Å². The summed E-state index contributed by atoms with van der Waals surface area (Å²) in [7, 11) is 1.44. The van der Waals surface area contributed by atoms with Gasteiger partial charge in [-0.2, -0.15) is 0 Å². The molecule has 122 valence electrons. The Bertz CT molecular complexity index is 946. The lowest BCUT2D eigenvalue weighted by atomic mass is 10.1. The molecular weight excluding hydrogens is 310 g/mol. The number of aryl methyl sites for hydroxylation is 1. The second-order valence-corrected chi connectivity index (χ2v) is 5.24. The second-order valence-electron chi connectivity index (χ2n) is 5.24. The number of carbonyl (C=O) groups is 2. The van der Waals surface area contributed by atoms with E-state index in [1.165, 1.54) is 26.3 Å². The van der Waals surface area contributed by atoms with Gasteiger partial charge in [0.2, 0.25) is 0 Å². The number of aromatic nitrogens is 2. The zero-order chi connectivity index (χ0) is 17.3. The number of carbonyl (C=O) groups excluding carboxylic acids is 2. The van der Waals surface area contributed by atoms with Crippen LogP contribution in [0.1, 0.15) is 33.4 Å². The number of pyridine rings is 2. The first-order valence-corrected chi connectivity index (χ1v) is 7.20. The standard InChI is InChI=1S/C17H15N3O4/c1-9-7-18-5-4-13(9)20-16(22)12-8-19-17(23-3)15-11(12)6-14(24-15)10(2)21/h4-8H,1-3H3,(H,18,20,22). The molecule has 0 saturated carbocycles. The number of ether oxygens (including phenoxy) is 1. The number of nitrogens with one attached hydrogen (secondary N) is 1. The van der Waals surface area contributed by atoms with Gasteiger partial charge in [-0.1, -0.05) is 0 Å². The molecule has 1 N–H and O–H groups in total. The van der Waals surface area contributed by atoms with Crippen LogP contribution in [0.25, 0.3) is 11.0 Å². The van der Waals surface area contributed by atoms with Crippen molar-refractivity contribution < 1.29 is 18.7 Å². The summed E-state index contributed by atoms with van der Waals surface area (Å²) in [6, 6.07) is 3.23. The van der Waals surface area contributed by atoms with Crippen molar-refractivity contribution in [1.29, 1.82) is 0 Å². The second kappa shape index (κ2) is 6.11. The van der Waals surface area contributed by atoms with Crippen LogP contribution in [-0.2, 0) is 0 Å². The number of Topliss-reactive ketones (excluding diaryl/α,β-unsaturated/α-hetero) is 1. The molecule has 0 saturated heterocycles. The van der Waals surface area contributed by atoms with Crippen molar-refractivity contribution in [2.75, 3.05) is 12.4 Å². The van der Waals surface area contributed by atoms with Crippen molar-refractivity contribution in [3.8, 4) is 5.88 Å². The molecule has 3 aromatic heterocycles. The Balaban J connectivity index is 2.07. The first-order chi connectivity index (χ1) is 11.5. The molecule has 0 fully saturated rings. The van der Waals surface area contributed by atoms with Crippen LogP contribution >= 0.6 is 0 Å². The van der Waals surface area contributed by atoms with Crippen LogP contribution in [-0.4, -0.2) is 28.8 Å². The molecule has 3 rings (SSSR count). The highest BCUT2D eigenvalue weighted by atomic mass is 16.5. The highest BCUT2D eigenvalue weighted by Crippen LogP contribution is 2.30. The van der Waals surface area contributed by atoms with Crippen molar-refractivity contribution in [3.63, 3.8) is 0 Å². The molecule has 3 heterocycles. The van der Waals surface area contributed by atoms with Crippen LogP contribution in [0.2, 0.25) is 0 Å². The third-order valence-corrected chi connectivity index (χ3v) is 3.58. The van der Waals surface area contributed by atoms with Gasteiger partial charge in [-0.05, 0) is 24.6 Å². The SMILES string of the molecule is COc1ncc(C(=O)Nc2ccncc2C)c2cc(C(C)=O)oc12. The monoisotopic (exact) mass is 325 g/mol. The minimum atomic E-state index is -0.361. The zero-order valence-corrected chi connectivity index (χ0v) is 13.4. The van der Waals surface area contributed by atoms with Gasteiger partial charge in [0.1, 0.15) is 0 Å². The van der Waals surface area contributed by atoms with E-state index in [0.717, 1.165) is 5.56 Å². The summed E-state index contributed by atoms with van der Waals surface area (Å²) < 4.78 is 10.6. The molecule has 0 unspecified atom stereocenters. The van der Waals surface area contributed by atoms with Crippen LogP contribution < -0.4 is 10.1 Å². The van der Waals surface area contributed by atoms with Crippen molar-refractivity contribution in [2.24, 2.45) is 0 Å². The van der Waals surface area contributed by atoms with Crippen molar-refractivity contribution in [1.82, 2.24) is 9.97 Å². The van der Waals surface area contributed by atoms with E-state index in [1.807, 2.05) is 6.92 Å². The summed E-state index contributed by atoms with van der Waals surface area (Å²) in [4.78, 5) is 32.3. The summed E-state index contributed by atoms with van der Waals surface area (Å²) in [6.45, 7) is 3.23. The highest BCUT2D eigenvalue weighted by molar-refractivity contribution is 6.13. The van der Waals surface area contributed by atoms with E-state index in [1.54, 1.807) is 18.5 Å². The fourth-order valence-electron chi connectivity index (χ4n) is 2.30. The molecule has 0 spiro atoms. The topological polar surface area (TPSA) is 94.3 Å². The molecule has 0 aliphatic rings. The number of ketones is 1. The Labute approximate surface area is 137 Å². The number of fused-ring (bicyclic) bond motifs is 1. The Kier molecular flexibility index (Phi) is 3.99. The summed E-state index contributed by atoms with van der Waals surface area (Å²) in [5, 5.41) is 3.28. The average molecular weight is 325 g/mol. The van der Waals surface area contributed by atoms with Crippen molar-refractivity contribution in [3.05, 3.63) is 47.6 Å². The quantitative estimate of drug-likeness (QED) is 0.741. The van der Waals surface area contributed by atoms with Gasteiger partial charge in [0.25, 0.3) is 11.8 Å².